The summed E-state index contributed by atoms with van der Waals surface area (Å²) in [6.45, 7) is 0.352. The normalized spacial score (nSPS) is 9.95. The Morgan fingerprint density at radius 3 is 2.23 bits per heavy atom. The molecule has 0 bridgehead atoms. The van der Waals surface area contributed by atoms with E-state index in [4.69, 9.17) is 18.9 Å². The van der Waals surface area contributed by atoms with E-state index >= 15 is 0 Å². The summed E-state index contributed by atoms with van der Waals surface area (Å²) >= 11 is 0. The summed E-state index contributed by atoms with van der Waals surface area (Å²) in [6, 6.07) is 12.5. The lowest BCUT2D eigenvalue weighted by atomic mass is 10.2. The molecule has 2 aromatic rings. The second kappa shape index (κ2) is 7.36. The van der Waals surface area contributed by atoms with Crippen LogP contribution in [0, 0.1) is 0 Å². The van der Waals surface area contributed by atoms with Gasteiger partial charge < -0.3 is 18.9 Å². The predicted molar refractivity (Wildman–Crippen MR) is 81.7 cm³/mol. The third-order valence-corrected chi connectivity index (χ3v) is 3.14. The van der Waals surface area contributed by atoms with Crippen LogP contribution in [-0.4, -0.2) is 27.3 Å². The quantitative estimate of drug-likeness (QED) is 0.768. The molecule has 0 atom stereocenters. The lowest BCUT2D eigenvalue weighted by Gasteiger charge is -2.12. The van der Waals surface area contributed by atoms with Crippen LogP contribution < -0.4 is 14.2 Å². The van der Waals surface area contributed by atoms with Gasteiger partial charge in [0.25, 0.3) is 0 Å². The third-order valence-electron chi connectivity index (χ3n) is 3.14. The van der Waals surface area contributed by atoms with Gasteiger partial charge >= 0.3 is 5.97 Å². The molecule has 2 aromatic carbocycles. The van der Waals surface area contributed by atoms with Crippen molar-refractivity contribution < 1.29 is 23.7 Å². The highest BCUT2D eigenvalue weighted by atomic mass is 16.5. The Kier molecular flexibility index (Phi) is 5.25. The first-order chi connectivity index (χ1) is 10.7. The number of esters is 1. The Morgan fingerprint density at radius 2 is 1.64 bits per heavy atom. The van der Waals surface area contributed by atoms with Gasteiger partial charge in [0.1, 0.15) is 12.4 Å². The van der Waals surface area contributed by atoms with E-state index in [-0.39, 0.29) is 0 Å². The summed E-state index contributed by atoms with van der Waals surface area (Å²) in [6.07, 6.45) is 0. The molecule has 0 amide bonds. The molecule has 5 heteroatoms. The summed E-state index contributed by atoms with van der Waals surface area (Å²) in [4.78, 5) is 11.6. The van der Waals surface area contributed by atoms with Crippen LogP contribution in [0.2, 0.25) is 0 Å². The van der Waals surface area contributed by atoms with E-state index in [1.54, 1.807) is 32.4 Å². The SMILES string of the molecule is COC(=O)c1ccc(OC)c(OCc2ccc(OC)cc2)c1. The molecule has 0 spiro atoms. The molecule has 0 unspecified atom stereocenters. The summed E-state index contributed by atoms with van der Waals surface area (Å²) in [7, 11) is 4.51. The lowest BCUT2D eigenvalue weighted by Crippen LogP contribution is -2.03. The molecule has 0 saturated carbocycles. The van der Waals surface area contributed by atoms with Crippen LogP contribution in [0.25, 0.3) is 0 Å². The molecule has 0 aromatic heterocycles. The molecular weight excluding hydrogens is 284 g/mol. The van der Waals surface area contributed by atoms with Crippen LogP contribution >= 0.6 is 0 Å². The second-order valence-electron chi connectivity index (χ2n) is 4.49. The minimum atomic E-state index is -0.419. The Labute approximate surface area is 129 Å². The van der Waals surface area contributed by atoms with Gasteiger partial charge in [0.05, 0.1) is 26.9 Å². The lowest BCUT2D eigenvalue weighted by molar-refractivity contribution is 0.0600. The van der Waals surface area contributed by atoms with Gasteiger partial charge in [-0.2, -0.15) is 0 Å². The van der Waals surface area contributed by atoms with Crippen molar-refractivity contribution in [3.8, 4) is 17.2 Å². The number of rotatable bonds is 6. The molecule has 0 aliphatic heterocycles. The Bertz CT molecular complexity index is 634. The van der Waals surface area contributed by atoms with Crippen molar-refractivity contribution in [3.05, 3.63) is 53.6 Å². The molecule has 116 valence electrons. The highest BCUT2D eigenvalue weighted by molar-refractivity contribution is 5.90. The maximum atomic E-state index is 11.6. The van der Waals surface area contributed by atoms with Crippen molar-refractivity contribution >= 4 is 5.97 Å². The molecule has 22 heavy (non-hydrogen) atoms. The van der Waals surface area contributed by atoms with Crippen molar-refractivity contribution in [2.45, 2.75) is 6.61 Å². The standard InChI is InChI=1S/C17H18O5/c1-19-14-7-4-12(5-8-14)11-22-16-10-13(17(18)21-3)6-9-15(16)20-2/h4-10H,11H2,1-3H3. The van der Waals surface area contributed by atoms with Crippen molar-refractivity contribution in [2.75, 3.05) is 21.3 Å². The molecule has 2 rings (SSSR count). The van der Waals surface area contributed by atoms with Gasteiger partial charge in [-0.3, -0.25) is 0 Å². The van der Waals surface area contributed by atoms with E-state index in [0.29, 0.717) is 23.7 Å². The van der Waals surface area contributed by atoms with Gasteiger partial charge in [-0.15, -0.1) is 0 Å². The van der Waals surface area contributed by atoms with Crippen molar-refractivity contribution in [3.63, 3.8) is 0 Å². The smallest absolute Gasteiger partial charge is 0.337 e. The molecule has 5 nitrogen and oxygen atoms in total. The summed E-state index contributed by atoms with van der Waals surface area (Å²) in [5, 5.41) is 0. The van der Waals surface area contributed by atoms with Crippen molar-refractivity contribution in [1.82, 2.24) is 0 Å². The molecule has 0 heterocycles. The number of benzene rings is 2. The Hall–Kier alpha value is -2.69. The van der Waals surface area contributed by atoms with Gasteiger partial charge in [-0.1, -0.05) is 12.1 Å². The van der Waals surface area contributed by atoms with E-state index in [0.717, 1.165) is 11.3 Å². The van der Waals surface area contributed by atoms with Crippen LogP contribution in [-0.2, 0) is 11.3 Å². The first-order valence-corrected chi connectivity index (χ1v) is 6.70. The average Bonchev–Trinajstić information content (AvgIpc) is 2.59. The zero-order valence-corrected chi connectivity index (χ0v) is 12.8. The van der Waals surface area contributed by atoms with E-state index in [2.05, 4.69) is 0 Å². The maximum absolute atomic E-state index is 11.6. The number of ether oxygens (including phenoxy) is 4. The van der Waals surface area contributed by atoms with Crippen molar-refractivity contribution in [2.24, 2.45) is 0 Å². The summed E-state index contributed by atoms with van der Waals surface area (Å²) in [5.74, 6) is 1.41. The zero-order valence-electron chi connectivity index (χ0n) is 12.8. The molecule has 0 fully saturated rings. The van der Waals surface area contributed by atoms with Crippen LogP contribution in [0.15, 0.2) is 42.5 Å². The number of carbonyl (C=O) groups is 1. The fourth-order valence-corrected chi connectivity index (χ4v) is 1.92. The summed E-state index contributed by atoms with van der Waals surface area (Å²) in [5.41, 5.74) is 1.39. The van der Waals surface area contributed by atoms with Gasteiger partial charge in [-0.25, -0.2) is 4.79 Å². The first-order valence-electron chi connectivity index (χ1n) is 6.70. The molecule has 0 aliphatic rings. The van der Waals surface area contributed by atoms with Gasteiger partial charge in [0.15, 0.2) is 11.5 Å². The van der Waals surface area contributed by atoms with Gasteiger partial charge in [0, 0.05) is 0 Å². The number of hydrogen-bond donors (Lipinski definition) is 0. The van der Waals surface area contributed by atoms with Gasteiger partial charge in [-0.05, 0) is 35.9 Å². The largest absolute Gasteiger partial charge is 0.497 e. The van der Waals surface area contributed by atoms with E-state index < -0.39 is 5.97 Å². The molecular formula is C17H18O5. The highest BCUT2D eigenvalue weighted by Crippen LogP contribution is 2.29. The van der Waals surface area contributed by atoms with Crippen LogP contribution in [0.3, 0.4) is 0 Å². The molecule has 0 N–H and O–H groups in total. The third kappa shape index (κ3) is 3.69. The van der Waals surface area contributed by atoms with Crippen LogP contribution in [0.1, 0.15) is 15.9 Å². The maximum Gasteiger partial charge on any atom is 0.337 e. The topological polar surface area (TPSA) is 54.0 Å². The minimum Gasteiger partial charge on any atom is -0.497 e. The monoisotopic (exact) mass is 302 g/mol. The number of methoxy groups -OCH3 is 3. The van der Waals surface area contributed by atoms with Crippen molar-refractivity contribution in [1.29, 1.82) is 0 Å². The van der Waals surface area contributed by atoms with E-state index in [9.17, 15) is 4.79 Å². The first kappa shape index (κ1) is 15.7. The Morgan fingerprint density at radius 1 is 0.909 bits per heavy atom. The highest BCUT2D eigenvalue weighted by Gasteiger charge is 2.11. The summed E-state index contributed by atoms with van der Waals surface area (Å²) < 4.78 is 20.8. The van der Waals surface area contributed by atoms with Crippen LogP contribution in [0.5, 0.6) is 17.2 Å². The zero-order chi connectivity index (χ0) is 15.9. The fraction of sp³-hybridized carbons (Fsp3) is 0.235. The number of carbonyl (C=O) groups excluding carboxylic acids is 1. The second-order valence-corrected chi connectivity index (χ2v) is 4.49. The average molecular weight is 302 g/mol. The molecule has 0 radical (unpaired) electrons. The molecule has 0 aliphatic carbocycles. The minimum absolute atomic E-state index is 0.352. The van der Waals surface area contributed by atoms with Gasteiger partial charge in [0.2, 0.25) is 0 Å². The fourth-order valence-electron chi connectivity index (χ4n) is 1.92. The van der Waals surface area contributed by atoms with E-state index in [1.807, 2.05) is 24.3 Å². The number of hydrogen-bond acceptors (Lipinski definition) is 5. The molecule has 0 saturated heterocycles. The van der Waals surface area contributed by atoms with E-state index in [1.165, 1.54) is 7.11 Å². The Balaban J connectivity index is 2.14. The van der Waals surface area contributed by atoms with Crippen LogP contribution in [0.4, 0.5) is 0 Å². The predicted octanol–water partition coefficient (Wildman–Crippen LogP) is 3.07.